The molecule has 5 nitrogen and oxygen atoms in total. The summed E-state index contributed by atoms with van der Waals surface area (Å²) >= 11 is 11.6. The number of halogens is 3. The van der Waals surface area contributed by atoms with E-state index in [1.807, 2.05) is 0 Å². The Morgan fingerprint density at radius 1 is 1.37 bits per heavy atom. The molecule has 1 fully saturated rings. The van der Waals surface area contributed by atoms with E-state index in [4.69, 9.17) is 33.9 Å². The minimum atomic E-state index is -3.63. The van der Waals surface area contributed by atoms with Gasteiger partial charge < -0.3 is 0 Å². The maximum absolute atomic E-state index is 11.8. The van der Waals surface area contributed by atoms with E-state index in [2.05, 4.69) is 4.98 Å². The molecule has 0 bridgehead atoms. The quantitative estimate of drug-likeness (QED) is 0.790. The van der Waals surface area contributed by atoms with Crippen LogP contribution in [0, 0.1) is 5.92 Å². The summed E-state index contributed by atoms with van der Waals surface area (Å²) in [6, 6.07) is 1.47. The van der Waals surface area contributed by atoms with Crippen LogP contribution in [-0.2, 0) is 13.8 Å². The number of anilines is 1. The first kappa shape index (κ1) is 14.8. The zero-order valence-corrected chi connectivity index (χ0v) is 12.6. The van der Waals surface area contributed by atoms with Crippen molar-refractivity contribution in [3.8, 4) is 0 Å². The fraction of sp³-hybridized carbons (Fsp3) is 0.400. The van der Waals surface area contributed by atoms with Crippen LogP contribution in [-0.4, -0.2) is 31.6 Å². The molecule has 2 rings (SSSR count). The van der Waals surface area contributed by atoms with Gasteiger partial charge in [0.25, 0.3) is 0 Å². The number of aromatic nitrogens is 1. The molecule has 1 amide bonds. The van der Waals surface area contributed by atoms with Crippen molar-refractivity contribution in [2.24, 2.45) is 5.92 Å². The molecule has 1 aromatic heterocycles. The Balaban J connectivity index is 2.18. The van der Waals surface area contributed by atoms with Gasteiger partial charge in [-0.15, -0.1) is 0 Å². The van der Waals surface area contributed by atoms with Gasteiger partial charge >= 0.3 is 0 Å². The average Bonchev–Trinajstić information content (AvgIpc) is 2.61. The van der Waals surface area contributed by atoms with Crippen LogP contribution in [0.4, 0.5) is 5.82 Å². The lowest BCUT2D eigenvalue weighted by molar-refractivity contribution is -0.117. The van der Waals surface area contributed by atoms with Crippen LogP contribution >= 0.6 is 33.9 Å². The molecule has 9 heteroatoms. The van der Waals surface area contributed by atoms with E-state index < -0.39 is 9.05 Å². The third-order valence-electron chi connectivity index (χ3n) is 2.71. The van der Waals surface area contributed by atoms with Gasteiger partial charge in [0.1, 0.15) is 5.82 Å². The van der Waals surface area contributed by atoms with Gasteiger partial charge in [-0.1, -0.05) is 23.2 Å². The SMILES string of the molecule is O=C1CC(CS(=O)(=O)Cl)CN1c1cc(Cl)c(Cl)cn1. The van der Waals surface area contributed by atoms with Crippen molar-refractivity contribution in [2.45, 2.75) is 6.42 Å². The van der Waals surface area contributed by atoms with Crippen molar-refractivity contribution in [1.29, 1.82) is 0 Å². The van der Waals surface area contributed by atoms with Crippen molar-refractivity contribution in [3.63, 3.8) is 0 Å². The summed E-state index contributed by atoms with van der Waals surface area (Å²) < 4.78 is 22.0. The first-order valence-corrected chi connectivity index (χ1v) is 8.53. The maximum Gasteiger partial charge on any atom is 0.232 e. The second-order valence-electron chi connectivity index (χ2n) is 4.24. The van der Waals surface area contributed by atoms with E-state index in [1.165, 1.54) is 17.2 Å². The summed E-state index contributed by atoms with van der Waals surface area (Å²) in [6.45, 7) is 0.246. The molecule has 1 unspecified atom stereocenters. The van der Waals surface area contributed by atoms with Crippen molar-refractivity contribution in [1.82, 2.24) is 4.98 Å². The van der Waals surface area contributed by atoms with E-state index >= 15 is 0 Å². The first-order valence-electron chi connectivity index (χ1n) is 5.30. The minimum Gasteiger partial charge on any atom is -0.296 e. The highest BCUT2D eigenvalue weighted by Crippen LogP contribution is 2.29. The third kappa shape index (κ3) is 3.72. The van der Waals surface area contributed by atoms with Gasteiger partial charge in [0.05, 0.1) is 15.8 Å². The van der Waals surface area contributed by atoms with Crippen LogP contribution in [0.5, 0.6) is 0 Å². The minimum absolute atomic E-state index is 0.119. The zero-order valence-electron chi connectivity index (χ0n) is 9.51. The Morgan fingerprint density at radius 3 is 2.63 bits per heavy atom. The first-order chi connectivity index (χ1) is 8.76. The smallest absolute Gasteiger partial charge is 0.232 e. The number of hydrogen-bond donors (Lipinski definition) is 0. The van der Waals surface area contributed by atoms with Gasteiger partial charge in [0.15, 0.2) is 0 Å². The second kappa shape index (κ2) is 5.44. The molecule has 0 aliphatic carbocycles. The van der Waals surface area contributed by atoms with Crippen LogP contribution in [0.15, 0.2) is 12.3 Å². The summed E-state index contributed by atoms with van der Waals surface area (Å²) in [7, 11) is 1.56. The van der Waals surface area contributed by atoms with Crippen LogP contribution < -0.4 is 4.90 Å². The van der Waals surface area contributed by atoms with Gasteiger partial charge in [-0.3, -0.25) is 9.69 Å². The monoisotopic (exact) mass is 342 g/mol. The lowest BCUT2D eigenvalue weighted by Crippen LogP contribution is -2.26. The molecule has 0 saturated carbocycles. The topological polar surface area (TPSA) is 67.3 Å². The fourth-order valence-electron chi connectivity index (χ4n) is 1.95. The van der Waals surface area contributed by atoms with E-state index in [0.29, 0.717) is 5.82 Å². The molecule has 1 aliphatic heterocycles. The summed E-state index contributed by atoms with van der Waals surface area (Å²) in [5.41, 5.74) is 0. The Kier molecular flexibility index (Phi) is 4.25. The Morgan fingerprint density at radius 2 is 2.05 bits per heavy atom. The van der Waals surface area contributed by atoms with Gasteiger partial charge in [0.2, 0.25) is 15.0 Å². The normalized spacial score (nSPS) is 20.1. The summed E-state index contributed by atoms with van der Waals surface area (Å²) in [5.74, 6) is -0.436. The molecule has 0 N–H and O–H groups in total. The molecule has 19 heavy (non-hydrogen) atoms. The summed E-state index contributed by atoms with van der Waals surface area (Å²) in [6.07, 6.45) is 1.46. The second-order valence-corrected chi connectivity index (χ2v) is 7.87. The molecule has 104 valence electrons. The predicted molar refractivity (Wildman–Crippen MR) is 74.4 cm³/mol. The molecule has 0 aromatic carbocycles. The number of carbonyl (C=O) groups is 1. The summed E-state index contributed by atoms with van der Waals surface area (Å²) in [5, 5.41) is 0.574. The molecule has 1 aromatic rings. The van der Waals surface area contributed by atoms with Crippen LogP contribution in [0.25, 0.3) is 0 Å². The number of hydrogen-bond acceptors (Lipinski definition) is 4. The highest BCUT2D eigenvalue weighted by molar-refractivity contribution is 8.13. The fourth-order valence-corrected chi connectivity index (χ4v) is 3.52. The largest absolute Gasteiger partial charge is 0.296 e. The van der Waals surface area contributed by atoms with Crippen LogP contribution in [0.1, 0.15) is 6.42 Å². The van der Waals surface area contributed by atoms with Gasteiger partial charge in [-0.05, 0) is 0 Å². The van der Waals surface area contributed by atoms with E-state index in [-0.39, 0.29) is 40.6 Å². The molecular weight excluding hydrogens is 335 g/mol. The van der Waals surface area contributed by atoms with Crippen LogP contribution in [0.2, 0.25) is 10.0 Å². The lowest BCUT2D eigenvalue weighted by Gasteiger charge is -2.15. The van der Waals surface area contributed by atoms with Gasteiger partial charge in [-0.25, -0.2) is 13.4 Å². The van der Waals surface area contributed by atoms with E-state index in [1.54, 1.807) is 0 Å². The molecule has 0 radical (unpaired) electrons. The Labute approximate surface area is 124 Å². The lowest BCUT2D eigenvalue weighted by atomic mass is 10.1. The summed E-state index contributed by atoms with van der Waals surface area (Å²) in [4.78, 5) is 17.2. The number of amides is 1. The predicted octanol–water partition coefficient (Wildman–Crippen LogP) is 2.31. The average molecular weight is 344 g/mol. The number of rotatable bonds is 3. The highest BCUT2D eigenvalue weighted by Gasteiger charge is 2.33. The van der Waals surface area contributed by atoms with Crippen molar-refractivity contribution in [2.75, 3.05) is 17.2 Å². The molecule has 1 saturated heterocycles. The third-order valence-corrected chi connectivity index (χ3v) is 4.67. The molecular formula is C10H9Cl3N2O3S. The number of carbonyl (C=O) groups excluding carboxylic acids is 1. The number of nitrogens with zero attached hydrogens (tertiary/aromatic N) is 2. The highest BCUT2D eigenvalue weighted by atomic mass is 35.7. The van der Waals surface area contributed by atoms with Crippen molar-refractivity contribution < 1.29 is 13.2 Å². The number of pyridine rings is 1. The van der Waals surface area contributed by atoms with Crippen molar-refractivity contribution >= 4 is 54.7 Å². The maximum atomic E-state index is 11.8. The van der Waals surface area contributed by atoms with E-state index in [0.717, 1.165) is 0 Å². The zero-order chi connectivity index (χ0) is 14.2. The standard InChI is InChI=1S/C10H9Cl3N2O3S/c11-7-2-9(14-3-8(7)12)15-4-6(1-10(15)16)5-19(13,17)18/h2-3,6H,1,4-5H2. The van der Waals surface area contributed by atoms with E-state index in [9.17, 15) is 13.2 Å². The van der Waals surface area contributed by atoms with Crippen LogP contribution in [0.3, 0.4) is 0 Å². The Hall–Kier alpha value is -0.560. The molecule has 1 atom stereocenters. The molecule has 1 aliphatic rings. The molecule has 0 spiro atoms. The Bertz CT molecular complexity index is 620. The van der Waals surface area contributed by atoms with Crippen molar-refractivity contribution in [3.05, 3.63) is 22.3 Å². The van der Waals surface area contributed by atoms with Gasteiger partial charge in [0, 0.05) is 41.8 Å². The molecule has 2 heterocycles. The van der Waals surface area contributed by atoms with Gasteiger partial charge in [-0.2, -0.15) is 0 Å².